The number of aromatic nitrogens is 4. The average molecular weight is 531 g/mol. The SMILES string of the molecule is CCn1ncnc1CNS(=O)(=O)c1ccc(Br)cc1NCc1ccc(OC)c(C(F)F)n1. The molecular formula is C19H21BrF2N6O3S. The summed E-state index contributed by atoms with van der Waals surface area (Å²) in [5, 5.41) is 6.98. The number of rotatable bonds is 10. The molecular weight excluding hydrogens is 510 g/mol. The molecule has 2 heterocycles. The van der Waals surface area contributed by atoms with Gasteiger partial charge in [0, 0.05) is 11.0 Å². The summed E-state index contributed by atoms with van der Waals surface area (Å²) in [6.45, 7) is 2.41. The first kappa shape index (κ1) is 24.0. The van der Waals surface area contributed by atoms with Gasteiger partial charge >= 0.3 is 0 Å². The van der Waals surface area contributed by atoms with Crippen LogP contribution in [0.25, 0.3) is 0 Å². The van der Waals surface area contributed by atoms with Gasteiger partial charge in [0.2, 0.25) is 10.0 Å². The molecule has 0 amide bonds. The molecule has 0 bridgehead atoms. The minimum atomic E-state index is -3.92. The van der Waals surface area contributed by atoms with Gasteiger partial charge in [-0.25, -0.2) is 36.6 Å². The number of halogens is 3. The number of ether oxygens (including phenoxy) is 1. The molecule has 0 aliphatic rings. The van der Waals surface area contributed by atoms with Crippen molar-refractivity contribution in [3.05, 3.63) is 58.3 Å². The van der Waals surface area contributed by atoms with Gasteiger partial charge in [-0.3, -0.25) is 0 Å². The van der Waals surface area contributed by atoms with Gasteiger partial charge in [0.1, 0.15) is 28.5 Å². The third-order valence-corrected chi connectivity index (χ3v) is 6.43. The van der Waals surface area contributed by atoms with Crippen molar-refractivity contribution in [1.29, 1.82) is 0 Å². The second-order valence-corrected chi connectivity index (χ2v) is 9.15. The fraction of sp³-hybridized carbons (Fsp3) is 0.316. The molecule has 0 unspecified atom stereocenters. The summed E-state index contributed by atoms with van der Waals surface area (Å²) in [6.07, 6.45) is -1.45. The quantitative estimate of drug-likeness (QED) is 0.412. The van der Waals surface area contributed by atoms with Crippen molar-refractivity contribution in [3.8, 4) is 5.75 Å². The molecule has 3 rings (SSSR count). The number of pyridine rings is 1. The van der Waals surface area contributed by atoms with E-state index in [1.54, 1.807) is 16.8 Å². The Labute approximate surface area is 192 Å². The third-order valence-electron chi connectivity index (χ3n) is 4.48. The van der Waals surface area contributed by atoms with E-state index in [1.165, 1.54) is 31.6 Å². The summed E-state index contributed by atoms with van der Waals surface area (Å²) in [5.74, 6) is 0.461. The minimum Gasteiger partial charge on any atom is -0.495 e. The van der Waals surface area contributed by atoms with E-state index < -0.39 is 22.1 Å². The van der Waals surface area contributed by atoms with Crippen molar-refractivity contribution in [3.63, 3.8) is 0 Å². The van der Waals surface area contributed by atoms with Gasteiger partial charge in [-0.1, -0.05) is 15.9 Å². The molecule has 3 aromatic rings. The van der Waals surface area contributed by atoms with E-state index >= 15 is 0 Å². The monoisotopic (exact) mass is 530 g/mol. The summed E-state index contributed by atoms with van der Waals surface area (Å²) in [6, 6.07) is 7.54. The molecule has 0 fully saturated rings. The van der Waals surface area contributed by atoms with Crippen LogP contribution in [0.15, 0.2) is 46.0 Å². The normalized spacial score (nSPS) is 11.7. The number of anilines is 1. The van der Waals surface area contributed by atoms with Crippen LogP contribution in [0.1, 0.15) is 30.6 Å². The van der Waals surface area contributed by atoms with Gasteiger partial charge in [-0.05, 0) is 37.3 Å². The van der Waals surface area contributed by atoms with Gasteiger partial charge in [0.15, 0.2) is 0 Å². The number of hydrogen-bond donors (Lipinski definition) is 2. The molecule has 172 valence electrons. The maximum Gasteiger partial charge on any atom is 0.284 e. The first-order valence-corrected chi connectivity index (χ1v) is 11.7. The Morgan fingerprint density at radius 3 is 2.69 bits per heavy atom. The number of hydrogen-bond acceptors (Lipinski definition) is 7. The van der Waals surface area contributed by atoms with Crippen molar-refractivity contribution < 1.29 is 21.9 Å². The number of aryl methyl sites for hydroxylation is 1. The maximum atomic E-state index is 13.2. The fourth-order valence-electron chi connectivity index (χ4n) is 2.92. The average Bonchev–Trinajstić information content (AvgIpc) is 3.23. The molecule has 0 aliphatic carbocycles. The molecule has 2 aromatic heterocycles. The largest absolute Gasteiger partial charge is 0.495 e. The van der Waals surface area contributed by atoms with Crippen LogP contribution >= 0.6 is 15.9 Å². The Kier molecular flexibility index (Phi) is 7.74. The summed E-state index contributed by atoms with van der Waals surface area (Å²) in [7, 11) is -2.63. The molecule has 0 saturated heterocycles. The Hall–Kier alpha value is -2.64. The van der Waals surface area contributed by atoms with Crippen molar-refractivity contribution in [1.82, 2.24) is 24.5 Å². The zero-order chi connectivity index (χ0) is 23.3. The van der Waals surface area contributed by atoms with E-state index in [9.17, 15) is 17.2 Å². The van der Waals surface area contributed by atoms with E-state index in [2.05, 4.69) is 41.0 Å². The van der Waals surface area contributed by atoms with Crippen LogP contribution in [0.4, 0.5) is 14.5 Å². The molecule has 9 nitrogen and oxygen atoms in total. The highest BCUT2D eigenvalue weighted by atomic mass is 79.9. The Balaban J connectivity index is 1.81. The van der Waals surface area contributed by atoms with Crippen molar-refractivity contribution in [2.24, 2.45) is 0 Å². The maximum absolute atomic E-state index is 13.2. The van der Waals surface area contributed by atoms with Crippen molar-refractivity contribution >= 4 is 31.6 Å². The van der Waals surface area contributed by atoms with Crippen molar-refractivity contribution in [2.75, 3.05) is 12.4 Å². The van der Waals surface area contributed by atoms with Crippen LogP contribution in [0.5, 0.6) is 5.75 Å². The van der Waals surface area contributed by atoms with Crippen LogP contribution in [0, 0.1) is 0 Å². The number of nitrogens with zero attached hydrogens (tertiary/aromatic N) is 4. The van der Waals surface area contributed by atoms with Gasteiger partial charge in [0.05, 0.1) is 31.6 Å². The highest BCUT2D eigenvalue weighted by Gasteiger charge is 2.21. The Morgan fingerprint density at radius 1 is 1.22 bits per heavy atom. The molecule has 0 spiro atoms. The number of methoxy groups -OCH3 is 1. The molecule has 0 aliphatic heterocycles. The van der Waals surface area contributed by atoms with Crippen LogP contribution < -0.4 is 14.8 Å². The minimum absolute atomic E-state index is 0.00846. The number of sulfonamides is 1. The van der Waals surface area contributed by atoms with Crippen LogP contribution in [0.2, 0.25) is 0 Å². The predicted octanol–water partition coefficient (Wildman–Crippen LogP) is 3.49. The van der Waals surface area contributed by atoms with Gasteiger partial charge in [-0.2, -0.15) is 5.10 Å². The van der Waals surface area contributed by atoms with Gasteiger partial charge in [0.25, 0.3) is 6.43 Å². The third kappa shape index (κ3) is 5.58. The van der Waals surface area contributed by atoms with E-state index in [0.29, 0.717) is 22.5 Å². The van der Waals surface area contributed by atoms with Gasteiger partial charge in [-0.15, -0.1) is 0 Å². The first-order chi connectivity index (χ1) is 15.2. The second kappa shape index (κ2) is 10.3. The van der Waals surface area contributed by atoms with Crippen molar-refractivity contribution in [2.45, 2.75) is 37.9 Å². The zero-order valence-corrected chi connectivity index (χ0v) is 19.6. The first-order valence-electron chi connectivity index (χ1n) is 9.47. The van der Waals surface area contributed by atoms with Gasteiger partial charge < -0.3 is 10.1 Å². The molecule has 32 heavy (non-hydrogen) atoms. The molecule has 13 heteroatoms. The van der Waals surface area contributed by atoms with E-state index in [0.717, 1.165) is 0 Å². The summed E-state index contributed by atoms with van der Waals surface area (Å²) in [4.78, 5) is 7.98. The fourth-order valence-corrected chi connectivity index (χ4v) is 4.42. The predicted molar refractivity (Wildman–Crippen MR) is 117 cm³/mol. The number of benzene rings is 1. The highest BCUT2D eigenvalue weighted by molar-refractivity contribution is 9.10. The van der Waals surface area contributed by atoms with E-state index in [1.807, 2.05) is 6.92 Å². The zero-order valence-electron chi connectivity index (χ0n) is 17.2. The summed E-state index contributed by atoms with van der Waals surface area (Å²) < 4.78 is 62.0. The molecule has 2 N–H and O–H groups in total. The Morgan fingerprint density at radius 2 is 2.00 bits per heavy atom. The number of alkyl halides is 2. The lowest BCUT2D eigenvalue weighted by atomic mass is 10.2. The van der Waals surface area contributed by atoms with Crippen LogP contribution in [-0.4, -0.2) is 35.3 Å². The topological polar surface area (TPSA) is 111 Å². The molecule has 0 saturated carbocycles. The number of nitrogens with one attached hydrogen (secondary N) is 2. The Bertz CT molecular complexity index is 1190. The highest BCUT2D eigenvalue weighted by Crippen LogP contribution is 2.29. The molecule has 0 atom stereocenters. The van der Waals surface area contributed by atoms with E-state index in [4.69, 9.17) is 4.74 Å². The smallest absolute Gasteiger partial charge is 0.284 e. The lowest BCUT2D eigenvalue weighted by Gasteiger charge is -2.15. The lowest BCUT2D eigenvalue weighted by Crippen LogP contribution is -2.26. The summed E-state index contributed by atoms with van der Waals surface area (Å²) in [5.41, 5.74) is 0.101. The summed E-state index contributed by atoms with van der Waals surface area (Å²) >= 11 is 3.32. The van der Waals surface area contributed by atoms with Crippen LogP contribution in [0.3, 0.4) is 0 Å². The van der Waals surface area contributed by atoms with E-state index in [-0.39, 0.29) is 29.4 Å². The second-order valence-electron chi connectivity index (χ2n) is 6.50. The lowest BCUT2D eigenvalue weighted by molar-refractivity contribution is 0.141. The molecule has 0 radical (unpaired) electrons. The van der Waals surface area contributed by atoms with Crippen LogP contribution in [-0.2, 0) is 29.7 Å². The standard InChI is InChI=1S/C19H21BrF2N6O3S/c1-3-28-17(24-11-25-28)10-26-32(29,30)16-7-4-12(20)8-14(16)23-9-13-5-6-15(31-2)18(27-13)19(21)22/h4-8,11,19,23,26H,3,9-10H2,1-2H3. The molecule has 1 aromatic carbocycles.